The van der Waals surface area contributed by atoms with Gasteiger partial charge in [0.25, 0.3) is 0 Å². The molecule has 1 heterocycles. The summed E-state index contributed by atoms with van der Waals surface area (Å²) >= 11 is 0. The average Bonchev–Trinajstić information content (AvgIpc) is 2.33. The molecule has 3 nitrogen and oxygen atoms in total. The maximum atomic E-state index is 5.06. The molecule has 0 unspecified atom stereocenters. The molecule has 1 rings (SSSR count). The first-order valence-corrected chi connectivity index (χ1v) is 6.81. The fraction of sp³-hybridized carbons (Fsp3) is 1.00. The fourth-order valence-corrected chi connectivity index (χ4v) is 2.29. The van der Waals surface area contributed by atoms with Crippen molar-refractivity contribution >= 4 is 0 Å². The van der Waals surface area contributed by atoms with Crippen molar-refractivity contribution in [3.8, 4) is 0 Å². The Morgan fingerprint density at radius 1 is 1.25 bits per heavy atom. The van der Waals surface area contributed by atoms with Crippen LogP contribution in [0.15, 0.2) is 0 Å². The quantitative estimate of drug-likeness (QED) is 0.642. The van der Waals surface area contributed by atoms with Gasteiger partial charge in [0, 0.05) is 19.8 Å². The number of methoxy groups -OCH3 is 1. The summed E-state index contributed by atoms with van der Waals surface area (Å²) in [4.78, 5) is 2.60. The minimum atomic E-state index is 0.773. The van der Waals surface area contributed by atoms with Gasteiger partial charge in [-0.3, -0.25) is 0 Å². The van der Waals surface area contributed by atoms with Crippen LogP contribution in [0.1, 0.15) is 39.0 Å². The largest absolute Gasteiger partial charge is 0.385 e. The first kappa shape index (κ1) is 13.9. The lowest BCUT2D eigenvalue weighted by atomic mass is 10.0. The molecule has 0 radical (unpaired) electrons. The molecular weight excluding hydrogens is 200 g/mol. The van der Waals surface area contributed by atoms with Gasteiger partial charge in [0.2, 0.25) is 0 Å². The van der Waals surface area contributed by atoms with Crippen molar-refractivity contribution in [3.05, 3.63) is 0 Å². The van der Waals surface area contributed by atoms with Crippen molar-refractivity contribution in [2.45, 2.75) is 45.1 Å². The molecule has 0 spiro atoms. The van der Waals surface area contributed by atoms with E-state index in [-0.39, 0.29) is 0 Å². The summed E-state index contributed by atoms with van der Waals surface area (Å²) < 4.78 is 5.06. The normalized spacial score (nSPS) is 19.1. The lowest BCUT2D eigenvalue weighted by Gasteiger charge is -2.32. The third-order valence-corrected chi connectivity index (χ3v) is 3.34. The SMILES string of the molecule is CCCNC1CCN(CCCCOC)CC1. The molecule has 0 saturated carbocycles. The summed E-state index contributed by atoms with van der Waals surface area (Å²) in [6, 6.07) is 0.773. The zero-order valence-corrected chi connectivity index (χ0v) is 11.0. The average molecular weight is 228 g/mol. The number of hydrogen-bond donors (Lipinski definition) is 1. The second-order valence-corrected chi connectivity index (χ2v) is 4.77. The molecule has 1 saturated heterocycles. The number of nitrogens with one attached hydrogen (secondary N) is 1. The third kappa shape index (κ3) is 5.83. The molecular formula is C13H28N2O. The van der Waals surface area contributed by atoms with Crippen molar-refractivity contribution in [3.63, 3.8) is 0 Å². The van der Waals surface area contributed by atoms with Crippen LogP contribution in [0.2, 0.25) is 0 Å². The van der Waals surface area contributed by atoms with Gasteiger partial charge < -0.3 is 15.0 Å². The highest BCUT2D eigenvalue weighted by Crippen LogP contribution is 2.11. The van der Waals surface area contributed by atoms with E-state index in [1.807, 2.05) is 0 Å². The Kier molecular flexibility index (Phi) is 7.81. The van der Waals surface area contributed by atoms with Crippen LogP contribution in [-0.2, 0) is 4.74 Å². The predicted octanol–water partition coefficient (Wildman–Crippen LogP) is 1.88. The molecule has 3 heteroatoms. The standard InChI is InChI=1S/C13H28N2O/c1-3-8-14-13-6-10-15(11-7-13)9-4-5-12-16-2/h13-14H,3-12H2,1-2H3. The minimum absolute atomic E-state index is 0.773. The molecule has 0 atom stereocenters. The second-order valence-electron chi connectivity index (χ2n) is 4.77. The van der Waals surface area contributed by atoms with Gasteiger partial charge in [-0.05, 0) is 58.3 Å². The van der Waals surface area contributed by atoms with Gasteiger partial charge in [-0.1, -0.05) is 6.92 Å². The number of likely N-dealkylation sites (tertiary alicyclic amines) is 1. The van der Waals surface area contributed by atoms with E-state index >= 15 is 0 Å². The Balaban J connectivity index is 1.98. The van der Waals surface area contributed by atoms with E-state index in [0.717, 1.165) is 12.6 Å². The molecule has 0 aliphatic carbocycles. The van der Waals surface area contributed by atoms with Gasteiger partial charge in [0.15, 0.2) is 0 Å². The molecule has 0 aromatic carbocycles. The monoisotopic (exact) mass is 228 g/mol. The Labute approximate surface area is 101 Å². The first-order chi connectivity index (χ1) is 7.86. The van der Waals surface area contributed by atoms with E-state index in [0.29, 0.717) is 0 Å². The van der Waals surface area contributed by atoms with Gasteiger partial charge in [0.1, 0.15) is 0 Å². The van der Waals surface area contributed by atoms with E-state index in [9.17, 15) is 0 Å². The number of ether oxygens (including phenoxy) is 1. The van der Waals surface area contributed by atoms with Crippen LogP contribution in [0, 0.1) is 0 Å². The number of hydrogen-bond acceptors (Lipinski definition) is 3. The Morgan fingerprint density at radius 2 is 2.00 bits per heavy atom. The molecule has 1 N–H and O–H groups in total. The van der Waals surface area contributed by atoms with Gasteiger partial charge in [-0.15, -0.1) is 0 Å². The molecule has 1 aliphatic rings. The minimum Gasteiger partial charge on any atom is -0.385 e. The van der Waals surface area contributed by atoms with E-state index in [4.69, 9.17) is 4.74 Å². The lowest BCUT2D eigenvalue weighted by molar-refractivity contribution is 0.169. The maximum absolute atomic E-state index is 5.06. The fourth-order valence-electron chi connectivity index (χ4n) is 2.29. The zero-order chi connectivity index (χ0) is 11.6. The van der Waals surface area contributed by atoms with Crippen molar-refractivity contribution < 1.29 is 4.74 Å². The summed E-state index contributed by atoms with van der Waals surface area (Å²) in [5.41, 5.74) is 0. The summed E-state index contributed by atoms with van der Waals surface area (Å²) in [7, 11) is 1.78. The number of rotatable bonds is 8. The molecule has 1 fully saturated rings. The molecule has 0 aromatic heterocycles. The molecule has 0 aromatic rings. The molecule has 1 aliphatic heterocycles. The first-order valence-electron chi connectivity index (χ1n) is 6.81. The molecule has 96 valence electrons. The van der Waals surface area contributed by atoms with E-state index in [1.54, 1.807) is 7.11 Å². The van der Waals surface area contributed by atoms with Crippen molar-refractivity contribution in [2.75, 3.05) is 39.9 Å². The Bertz CT molecular complexity index is 156. The lowest BCUT2D eigenvalue weighted by Crippen LogP contribution is -2.42. The molecule has 16 heavy (non-hydrogen) atoms. The Hall–Kier alpha value is -0.120. The molecule has 0 amide bonds. The topological polar surface area (TPSA) is 24.5 Å². The van der Waals surface area contributed by atoms with E-state index in [1.165, 1.54) is 58.3 Å². The van der Waals surface area contributed by atoms with Crippen molar-refractivity contribution in [2.24, 2.45) is 0 Å². The van der Waals surface area contributed by atoms with Crippen LogP contribution in [0.3, 0.4) is 0 Å². The summed E-state index contributed by atoms with van der Waals surface area (Å²) in [5, 5.41) is 3.62. The van der Waals surface area contributed by atoms with Crippen molar-refractivity contribution in [1.29, 1.82) is 0 Å². The van der Waals surface area contributed by atoms with Crippen LogP contribution in [0.4, 0.5) is 0 Å². The van der Waals surface area contributed by atoms with Crippen LogP contribution < -0.4 is 5.32 Å². The summed E-state index contributed by atoms with van der Waals surface area (Å²) in [5.74, 6) is 0. The molecule has 0 bridgehead atoms. The predicted molar refractivity (Wildman–Crippen MR) is 68.9 cm³/mol. The Morgan fingerprint density at radius 3 is 2.62 bits per heavy atom. The maximum Gasteiger partial charge on any atom is 0.0462 e. The number of nitrogens with zero attached hydrogens (tertiary/aromatic N) is 1. The van der Waals surface area contributed by atoms with E-state index in [2.05, 4.69) is 17.1 Å². The highest BCUT2D eigenvalue weighted by Gasteiger charge is 2.17. The summed E-state index contributed by atoms with van der Waals surface area (Å²) in [6.45, 7) is 8.12. The summed E-state index contributed by atoms with van der Waals surface area (Å²) in [6.07, 6.45) is 6.37. The second kappa shape index (κ2) is 8.97. The van der Waals surface area contributed by atoms with Crippen LogP contribution in [0.5, 0.6) is 0 Å². The smallest absolute Gasteiger partial charge is 0.0462 e. The van der Waals surface area contributed by atoms with Gasteiger partial charge >= 0.3 is 0 Å². The highest BCUT2D eigenvalue weighted by atomic mass is 16.5. The van der Waals surface area contributed by atoms with Gasteiger partial charge in [0.05, 0.1) is 0 Å². The highest BCUT2D eigenvalue weighted by molar-refractivity contribution is 4.76. The zero-order valence-electron chi connectivity index (χ0n) is 11.0. The third-order valence-electron chi connectivity index (χ3n) is 3.34. The van der Waals surface area contributed by atoms with Crippen molar-refractivity contribution in [1.82, 2.24) is 10.2 Å². The van der Waals surface area contributed by atoms with Crippen LogP contribution in [-0.4, -0.2) is 50.8 Å². The van der Waals surface area contributed by atoms with E-state index < -0.39 is 0 Å². The number of unbranched alkanes of at least 4 members (excludes halogenated alkanes) is 1. The van der Waals surface area contributed by atoms with Gasteiger partial charge in [-0.25, -0.2) is 0 Å². The van der Waals surface area contributed by atoms with Gasteiger partial charge in [-0.2, -0.15) is 0 Å². The van der Waals surface area contributed by atoms with Crippen LogP contribution in [0.25, 0.3) is 0 Å². The van der Waals surface area contributed by atoms with Crippen LogP contribution >= 0.6 is 0 Å². The number of piperidine rings is 1.